The van der Waals surface area contributed by atoms with Crippen LogP contribution in [0.4, 0.5) is 10.1 Å². The van der Waals surface area contributed by atoms with Crippen molar-refractivity contribution in [3.05, 3.63) is 24.0 Å². The third-order valence-electron chi connectivity index (χ3n) is 1.90. The zero-order valence-corrected chi connectivity index (χ0v) is 9.25. The Bertz CT molecular complexity index is 380. The maximum atomic E-state index is 12.9. The smallest absolute Gasteiger partial charge is 0.238 e. The van der Waals surface area contributed by atoms with Crippen LogP contribution in [-0.2, 0) is 4.79 Å². The van der Waals surface area contributed by atoms with E-state index >= 15 is 0 Å². The van der Waals surface area contributed by atoms with Gasteiger partial charge < -0.3 is 15.7 Å². The van der Waals surface area contributed by atoms with E-state index in [1.807, 2.05) is 13.8 Å². The highest BCUT2D eigenvalue weighted by Gasteiger charge is 2.05. The molecule has 4 nitrogen and oxygen atoms in total. The van der Waals surface area contributed by atoms with E-state index in [-0.39, 0.29) is 18.5 Å². The molecule has 3 N–H and O–H groups in total. The predicted octanol–water partition coefficient (Wildman–Crippen LogP) is 1.47. The number of anilines is 1. The van der Waals surface area contributed by atoms with E-state index in [1.54, 1.807) is 0 Å². The van der Waals surface area contributed by atoms with Gasteiger partial charge in [-0.25, -0.2) is 4.39 Å². The lowest BCUT2D eigenvalue weighted by atomic mass is 10.3. The number of phenols is 1. The summed E-state index contributed by atoms with van der Waals surface area (Å²) in [6, 6.07) is 3.91. The monoisotopic (exact) mass is 226 g/mol. The lowest BCUT2D eigenvalue weighted by Crippen LogP contribution is -2.32. The van der Waals surface area contributed by atoms with Crippen molar-refractivity contribution in [3.8, 4) is 5.75 Å². The van der Waals surface area contributed by atoms with Crippen molar-refractivity contribution >= 4 is 11.6 Å². The maximum absolute atomic E-state index is 12.9. The largest absolute Gasteiger partial charge is 0.505 e. The van der Waals surface area contributed by atoms with E-state index in [1.165, 1.54) is 12.1 Å². The highest BCUT2D eigenvalue weighted by atomic mass is 19.1. The fourth-order valence-electron chi connectivity index (χ4n) is 1.09. The topological polar surface area (TPSA) is 61.4 Å². The van der Waals surface area contributed by atoms with Gasteiger partial charge in [0.15, 0.2) is 11.6 Å². The number of halogens is 1. The van der Waals surface area contributed by atoms with Crippen LogP contribution in [0.15, 0.2) is 18.2 Å². The van der Waals surface area contributed by atoms with Crippen molar-refractivity contribution in [2.45, 2.75) is 19.9 Å². The fourth-order valence-corrected chi connectivity index (χ4v) is 1.09. The number of rotatable bonds is 4. The Labute approximate surface area is 93.5 Å². The second kappa shape index (κ2) is 5.46. The van der Waals surface area contributed by atoms with Crippen molar-refractivity contribution in [2.75, 3.05) is 11.9 Å². The van der Waals surface area contributed by atoms with Crippen LogP contribution >= 0.6 is 0 Å². The minimum absolute atomic E-state index is 0.167. The first-order chi connectivity index (χ1) is 7.49. The van der Waals surface area contributed by atoms with Gasteiger partial charge in [-0.15, -0.1) is 0 Å². The Balaban J connectivity index is 2.53. The van der Waals surface area contributed by atoms with Crippen LogP contribution in [0.2, 0.25) is 0 Å². The molecule has 0 aliphatic carbocycles. The predicted molar refractivity (Wildman–Crippen MR) is 59.8 cm³/mol. The minimum Gasteiger partial charge on any atom is -0.505 e. The molecule has 1 aromatic rings. The molecule has 0 aliphatic heterocycles. The van der Waals surface area contributed by atoms with E-state index in [0.717, 1.165) is 6.07 Å². The van der Waals surface area contributed by atoms with Gasteiger partial charge in [-0.2, -0.15) is 0 Å². The van der Waals surface area contributed by atoms with Crippen LogP contribution in [0.25, 0.3) is 0 Å². The molecule has 1 amide bonds. The van der Waals surface area contributed by atoms with Gasteiger partial charge in [-0.05, 0) is 12.1 Å². The van der Waals surface area contributed by atoms with Crippen LogP contribution in [-0.4, -0.2) is 23.6 Å². The minimum atomic E-state index is -0.755. The third-order valence-corrected chi connectivity index (χ3v) is 1.90. The fraction of sp³-hybridized carbons (Fsp3) is 0.364. The molecule has 0 radical (unpaired) electrons. The van der Waals surface area contributed by atoms with Crippen molar-refractivity contribution in [1.82, 2.24) is 5.32 Å². The molecule has 1 rings (SSSR count). The molecule has 0 saturated heterocycles. The van der Waals surface area contributed by atoms with E-state index in [2.05, 4.69) is 10.6 Å². The van der Waals surface area contributed by atoms with Crippen LogP contribution in [0, 0.1) is 5.82 Å². The molecule has 1 aromatic carbocycles. The van der Waals surface area contributed by atoms with E-state index in [0.29, 0.717) is 5.69 Å². The highest BCUT2D eigenvalue weighted by molar-refractivity contribution is 5.92. The van der Waals surface area contributed by atoms with E-state index < -0.39 is 11.6 Å². The highest BCUT2D eigenvalue weighted by Crippen LogP contribution is 2.19. The zero-order chi connectivity index (χ0) is 12.1. The molecule has 0 spiro atoms. The Hall–Kier alpha value is -1.62. The summed E-state index contributed by atoms with van der Waals surface area (Å²) in [5.41, 5.74) is 0.325. The number of carbonyl (C=O) groups is 1. The molecular formula is C11H15FN2O2. The van der Waals surface area contributed by atoms with Gasteiger partial charge in [0.1, 0.15) is 0 Å². The van der Waals surface area contributed by atoms with Gasteiger partial charge in [0.2, 0.25) is 5.91 Å². The standard InChI is InChI=1S/C11H15FN2O2/c1-7(2)13-6-11(16)14-8-3-4-10(15)9(12)5-8/h3-5,7,13,15H,6H2,1-2H3,(H,14,16). The van der Waals surface area contributed by atoms with Crippen LogP contribution < -0.4 is 10.6 Å². The Morgan fingerprint density at radius 3 is 2.75 bits per heavy atom. The van der Waals surface area contributed by atoms with Gasteiger partial charge >= 0.3 is 0 Å². The second-order valence-corrected chi connectivity index (χ2v) is 3.75. The Morgan fingerprint density at radius 2 is 2.19 bits per heavy atom. The lowest BCUT2D eigenvalue weighted by molar-refractivity contribution is -0.115. The number of carbonyl (C=O) groups excluding carboxylic acids is 1. The van der Waals surface area contributed by atoms with Crippen molar-refractivity contribution < 1.29 is 14.3 Å². The number of hydrogen-bond acceptors (Lipinski definition) is 3. The molecule has 88 valence electrons. The summed E-state index contributed by atoms with van der Waals surface area (Å²) in [5, 5.41) is 14.4. The molecule has 0 aliphatic rings. The number of aromatic hydroxyl groups is 1. The molecule has 16 heavy (non-hydrogen) atoms. The number of hydrogen-bond donors (Lipinski definition) is 3. The summed E-state index contributed by atoms with van der Waals surface area (Å²) in [4.78, 5) is 11.4. The summed E-state index contributed by atoms with van der Waals surface area (Å²) in [6.07, 6.45) is 0. The average molecular weight is 226 g/mol. The third kappa shape index (κ3) is 3.86. The molecule has 0 atom stereocenters. The van der Waals surface area contributed by atoms with Crippen molar-refractivity contribution in [1.29, 1.82) is 0 Å². The summed E-state index contributed by atoms with van der Waals surface area (Å²) < 4.78 is 12.9. The molecule has 0 fully saturated rings. The number of nitrogens with one attached hydrogen (secondary N) is 2. The van der Waals surface area contributed by atoms with Crippen LogP contribution in [0.3, 0.4) is 0 Å². The molecule has 5 heteroatoms. The van der Waals surface area contributed by atoms with Crippen molar-refractivity contribution in [3.63, 3.8) is 0 Å². The summed E-state index contributed by atoms with van der Waals surface area (Å²) in [6.45, 7) is 4.02. The summed E-state index contributed by atoms with van der Waals surface area (Å²) >= 11 is 0. The first-order valence-corrected chi connectivity index (χ1v) is 5.01. The lowest BCUT2D eigenvalue weighted by Gasteiger charge is -2.09. The quantitative estimate of drug-likeness (QED) is 0.681. The van der Waals surface area contributed by atoms with Gasteiger partial charge in [-0.3, -0.25) is 4.79 Å². The van der Waals surface area contributed by atoms with Gasteiger partial charge in [0.05, 0.1) is 6.54 Å². The normalized spacial score (nSPS) is 10.5. The molecule has 0 unspecified atom stereocenters. The first kappa shape index (κ1) is 12.4. The molecule has 0 saturated carbocycles. The van der Waals surface area contributed by atoms with Crippen LogP contribution in [0.5, 0.6) is 5.75 Å². The molecule has 0 aromatic heterocycles. The Kier molecular flexibility index (Phi) is 4.25. The van der Waals surface area contributed by atoms with Gasteiger partial charge in [-0.1, -0.05) is 13.8 Å². The van der Waals surface area contributed by atoms with Crippen molar-refractivity contribution in [2.24, 2.45) is 0 Å². The summed E-state index contributed by atoms with van der Waals surface area (Å²) in [7, 11) is 0. The van der Waals surface area contributed by atoms with Gasteiger partial charge in [0, 0.05) is 17.8 Å². The average Bonchev–Trinajstić information content (AvgIpc) is 2.21. The zero-order valence-electron chi connectivity index (χ0n) is 9.25. The number of benzene rings is 1. The number of phenolic OH excluding ortho intramolecular Hbond substituents is 1. The Morgan fingerprint density at radius 1 is 1.50 bits per heavy atom. The molecule has 0 heterocycles. The van der Waals surface area contributed by atoms with E-state index in [9.17, 15) is 9.18 Å². The van der Waals surface area contributed by atoms with Crippen LogP contribution in [0.1, 0.15) is 13.8 Å². The summed E-state index contributed by atoms with van der Waals surface area (Å²) in [5.74, 6) is -1.44. The van der Waals surface area contributed by atoms with E-state index in [4.69, 9.17) is 5.11 Å². The molecule has 0 bridgehead atoms. The van der Waals surface area contributed by atoms with Gasteiger partial charge in [0.25, 0.3) is 0 Å². The maximum Gasteiger partial charge on any atom is 0.238 e. The second-order valence-electron chi connectivity index (χ2n) is 3.75. The molecular weight excluding hydrogens is 211 g/mol. The first-order valence-electron chi connectivity index (χ1n) is 5.01. The SMILES string of the molecule is CC(C)NCC(=O)Nc1ccc(O)c(F)c1. The number of amides is 1.